The molecule has 0 fully saturated rings. The first-order chi connectivity index (χ1) is 16.4. The molecule has 0 radical (unpaired) electrons. The minimum absolute atomic E-state index is 0.0777. The second-order valence-corrected chi connectivity index (χ2v) is 9.29. The lowest BCUT2D eigenvalue weighted by Gasteiger charge is -2.10. The van der Waals surface area contributed by atoms with Crippen LogP contribution in [0.15, 0.2) is 64.9 Å². The van der Waals surface area contributed by atoms with Gasteiger partial charge in [-0.05, 0) is 50.4 Å². The van der Waals surface area contributed by atoms with Crippen LogP contribution in [0, 0.1) is 6.92 Å². The number of aromatic nitrogens is 5. The Morgan fingerprint density at radius 3 is 2.56 bits per heavy atom. The lowest BCUT2D eigenvalue weighted by Crippen LogP contribution is -2.23. The Labute approximate surface area is 200 Å². The van der Waals surface area contributed by atoms with Gasteiger partial charge in [0.25, 0.3) is 11.5 Å². The number of carbonyl (C=O) groups excluding carboxylic acids is 1. The SMILES string of the molecule is Cc1c(NC(=O)c2cc(-c3cccs3)nc3c2cnn3C(C)C)c(=O)n(-c2ccccc2)n1C. The first-order valence-electron chi connectivity index (χ1n) is 10.9. The molecule has 172 valence electrons. The number of pyridine rings is 1. The van der Waals surface area contributed by atoms with Crippen molar-refractivity contribution in [1.82, 2.24) is 24.1 Å². The molecule has 0 saturated carbocycles. The molecule has 5 rings (SSSR count). The standard InChI is InChI=1S/C25H24N6O2S/c1-15(2)30-23-19(14-26-30)18(13-20(27-23)21-11-8-12-34-21)24(32)28-22-16(3)29(4)31(25(22)33)17-9-6-5-7-10-17/h5-15H,1-4H3,(H,28,32). The fraction of sp³-hybridized carbons (Fsp3) is 0.200. The number of hydrogen-bond donors (Lipinski definition) is 1. The van der Waals surface area contributed by atoms with E-state index < -0.39 is 0 Å². The number of nitrogens with zero attached hydrogens (tertiary/aromatic N) is 5. The van der Waals surface area contributed by atoms with Crippen molar-refractivity contribution in [3.8, 4) is 16.3 Å². The summed E-state index contributed by atoms with van der Waals surface area (Å²) in [7, 11) is 1.80. The highest BCUT2D eigenvalue weighted by molar-refractivity contribution is 7.13. The Hall–Kier alpha value is -3.98. The minimum Gasteiger partial charge on any atom is -0.316 e. The van der Waals surface area contributed by atoms with E-state index >= 15 is 0 Å². The summed E-state index contributed by atoms with van der Waals surface area (Å²) in [6.07, 6.45) is 1.66. The molecule has 0 aliphatic carbocycles. The molecule has 4 heterocycles. The van der Waals surface area contributed by atoms with Crippen LogP contribution in [0.1, 0.15) is 35.9 Å². The molecular formula is C25H24N6O2S. The van der Waals surface area contributed by atoms with Crippen LogP contribution >= 0.6 is 11.3 Å². The molecule has 0 spiro atoms. The number of fused-ring (bicyclic) bond motifs is 1. The van der Waals surface area contributed by atoms with Crippen molar-refractivity contribution in [2.24, 2.45) is 7.05 Å². The van der Waals surface area contributed by atoms with E-state index in [2.05, 4.69) is 10.4 Å². The van der Waals surface area contributed by atoms with Crippen LogP contribution in [0.2, 0.25) is 0 Å². The average Bonchev–Trinajstić information content (AvgIpc) is 3.55. The van der Waals surface area contributed by atoms with Gasteiger partial charge in [0.1, 0.15) is 5.69 Å². The summed E-state index contributed by atoms with van der Waals surface area (Å²) in [6, 6.07) is 15.1. The summed E-state index contributed by atoms with van der Waals surface area (Å²) in [5, 5.41) is 9.96. The summed E-state index contributed by atoms with van der Waals surface area (Å²) in [5.74, 6) is -0.375. The van der Waals surface area contributed by atoms with Crippen LogP contribution < -0.4 is 10.9 Å². The van der Waals surface area contributed by atoms with Gasteiger partial charge in [0.2, 0.25) is 0 Å². The first kappa shape index (κ1) is 21.8. The smallest absolute Gasteiger partial charge is 0.295 e. The zero-order valence-electron chi connectivity index (χ0n) is 19.3. The number of carbonyl (C=O) groups is 1. The maximum atomic E-state index is 13.6. The van der Waals surface area contributed by atoms with Gasteiger partial charge in [0.05, 0.1) is 39.1 Å². The first-order valence-corrected chi connectivity index (χ1v) is 11.8. The van der Waals surface area contributed by atoms with Crippen molar-refractivity contribution in [3.63, 3.8) is 0 Å². The highest BCUT2D eigenvalue weighted by Gasteiger charge is 2.23. The monoisotopic (exact) mass is 472 g/mol. The van der Waals surface area contributed by atoms with Crippen molar-refractivity contribution in [2.45, 2.75) is 26.8 Å². The molecule has 0 saturated heterocycles. The lowest BCUT2D eigenvalue weighted by molar-refractivity contribution is 0.102. The van der Waals surface area contributed by atoms with Gasteiger partial charge >= 0.3 is 0 Å². The number of benzene rings is 1. The quantitative estimate of drug-likeness (QED) is 0.398. The van der Waals surface area contributed by atoms with Crippen molar-refractivity contribution < 1.29 is 4.79 Å². The molecule has 1 aromatic carbocycles. The van der Waals surface area contributed by atoms with Crippen molar-refractivity contribution in [1.29, 1.82) is 0 Å². The summed E-state index contributed by atoms with van der Waals surface area (Å²) in [4.78, 5) is 32.6. The van der Waals surface area contributed by atoms with E-state index in [4.69, 9.17) is 4.98 Å². The summed E-state index contributed by atoms with van der Waals surface area (Å²) >= 11 is 1.55. The van der Waals surface area contributed by atoms with Crippen molar-refractivity contribution in [3.05, 3.63) is 81.7 Å². The van der Waals surface area contributed by atoms with Gasteiger partial charge in [0, 0.05) is 13.1 Å². The Morgan fingerprint density at radius 1 is 1.12 bits per heavy atom. The van der Waals surface area contributed by atoms with Crippen LogP contribution in [0.5, 0.6) is 0 Å². The third-order valence-corrected chi connectivity index (χ3v) is 6.76. The van der Waals surface area contributed by atoms with E-state index in [1.54, 1.807) is 44.7 Å². The average molecular weight is 473 g/mol. The number of thiophene rings is 1. The fourth-order valence-corrected chi connectivity index (χ4v) is 4.71. The van der Waals surface area contributed by atoms with Gasteiger partial charge in [-0.25, -0.2) is 14.3 Å². The molecule has 0 bridgehead atoms. The third kappa shape index (κ3) is 3.54. The number of para-hydroxylation sites is 1. The molecule has 5 aromatic rings. The molecular weight excluding hydrogens is 448 g/mol. The Morgan fingerprint density at radius 2 is 1.88 bits per heavy atom. The van der Waals surface area contributed by atoms with E-state index in [1.165, 1.54) is 0 Å². The Balaban J connectivity index is 1.62. The Bertz CT molecular complexity index is 1560. The highest BCUT2D eigenvalue weighted by atomic mass is 32.1. The van der Waals surface area contributed by atoms with Crippen LogP contribution in [0.4, 0.5) is 5.69 Å². The molecule has 4 aromatic heterocycles. The van der Waals surface area contributed by atoms with E-state index in [9.17, 15) is 9.59 Å². The van der Waals surface area contributed by atoms with Crippen LogP contribution in [0.25, 0.3) is 27.3 Å². The van der Waals surface area contributed by atoms with Gasteiger partial charge in [-0.3, -0.25) is 14.3 Å². The van der Waals surface area contributed by atoms with Gasteiger partial charge < -0.3 is 5.32 Å². The molecule has 8 nitrogen and oxygen atoms in total. The lowest BCUT2D eigenvalue weighted by atomic mass is 10.1. The molecule has 0 unspecified atom stereocenters. The maximum absolute atomic E-state index is 13.6. The molecule has 1 N–H and O–H groups in total. The van der Waals surface area contributed by atoms with Gasteiger partial charge in [-0.15, -0.1) is 11.3 Å². The molecule has 0 aliphatic rings. The zero-order chi connectivity index (χ0) is 24.0. The van der Waals surface area contributed by atoms with Crippen LogP contribution in [-0.2, 0) is 7.05 Å². The summed E-state index contributed by atoms with van der Waals surface area (Å²) in [6.45, 7) is 5.85. The molecule has 1 amide bonds. The minimum atomic E-state index is -0.375. The van der Waals surface area contributed by atoms with Gasteiger partial charge in [-0.2, -0.15) is 5.10 Å². The Kier molecular flexibility index (Phi) is 5.41. The van der Waals surface area contributed by atoms with Crippen LogP contribution in [-0.4, -0.2) is 30.0 Å². The fourth-order valence-electron chi connectivity index (χ4n) is 4.03. The number of nitrogens with one attached hydrogen (secondary N) is 1. The van der Waals surface area contributed by atoms with E-state index in [0.29, 0.717) is 28.0 Å². The zero-order valence-corrected chi connectivity index (χ0v) is 20.1. The second-order valence-electron chi connectivity index (χ2n) is 8.34. The largest absolute Gasteiger partial charge is 0.316 e. The molecule has 0 aliphatic heterocycles. The van der Waals surface area contributed by atoms with E-state index in [-0.39, 0.29) is 23.2 Å². The topological polar surface area (TPSA) is 86.7 Å². The normalized spacial score (nSPS) is 11.4. The molecule has 34 heavy (non-hydrogen) atoms. The van der Waals surface area contributed by atoms with Crippen molar-refractivity contribution >= 4 is 34.0 Å². The van der Waals surface area contributed by atoms with Gasteiger partial charge in [-0.1, -0.05) is 24.3 Å². The predicted molar refractivity (Wildman–Crippen MR) is 135 cm³/mol. The molecule has 0 atom stereocenters. The maximum Gasteiger partial charge on any atom is 0.295 e. The highest BCUT2D eigenvalue weighted by Crippen LogP contribution is 2.29. The summed E-state index contributed by atoms with van der Waals surface area (Å²) < 4.78 is 5.09. The van der Waals surface area contributed by atoms with Gasteiger partial charge in [0.15, 0.2) is 5.65 Å². The summed E-state index contributed by atoms with van der Waals surface area (Å²) in [5.41, 5.74) is 3.09. The number of hydrogen-bond acceptors (Lipinski definition) is 5. The van der Waals surface area contributed by atoms with Crippen molar-refractivity contribution in [2.75, 3.05) is 5.32 Å². The van der Waals surface area contributed by atoms with Crippen LogP contribution in [0.3, 0.4) is 0 Å². The number of anilines is 1. The third-order valence-electron chi connectivity index (χ3n) is 5.87. The number of rotatable bonds is 5. The predicted octanol–water partition coefficient (Wildman–Crippen LogP) is 4.79. The van der Waals surface area contributed by atoms with E-state index in [1.807, 2.05) is 68.6 Å². The second kappa shape index (κ2) is 8.42. The van der Waals surface area contributed by atoms with E-state index in [0.717, 1.165) is 10.6 Å². The number of amides is 1. The molecule has 9 heteroatoms.